The van der Waals surface area contributed by atoms with Crippen molar-refractivity contribution in [3.05, 3.63) is 0 Å². The van der Waals surface area contributed by atoms with Gasteiger partial charge in [0.1, 0.15) is 0 Å². The Kier molecular flexibility index (Phi) is 53.5. The summed E-state index contributed by atoms with van der Waals surface area (Å²) in [5, 5.41) is 23.3. The van der Waals surface area contributed by atoms with Gasteiger partial charge in [-0.15, -0.1) is 0 Å². The highest BCUT2D eigenvalue weighted by Crippen LogP contribution is 2.18. The second-order valence-corrected chi connectivity index (χ2v) is 20.3. The Balaban J connectivity index is 3.42. The molecule has 0 heterocycles. The highest BCUT2D eigenvalue weighted by Gasteiger charge is 2.20. The highest BCUT2D eigenvalue weighted by atomic mass is 16.5. The van der Waals surface area contributed by atoms with Crippen molar-refractivity contribution in [1.29, 1.82) is 0 Å². The zero-order valence-electron chi connectivity index (χ0n) is 43.5. The quantitative estimate of drug-likeness (QED) is 0.0417. The Morgan fingerprint density at radius 1 is 0.375 bits per heavy atom. The molecule has 0 aromatic carbocycles. The standard InChI is InChI=1S/C58H115NO5/c1-3-5-7-9-11-13-15-16-17-18-19-20-21-22-24-27-31-34-38-42-46-50-56(61)55(54-60)59-57(62)51-47-43-39-35-32-28-25-23-26-29-33-37-41-45-49-53-64-58(63)52-48-44-40-36-30-14-12-10-8-6-4-2/h55-56,60-61H,3-54H2,1-2H3,(H,59,62). The topological polar surface area (TPSA) is 95.9 Å². The Morgan fingerprint density at radius 2 is 0.641 bits per heavy atom. The zero-order chi connectivity index (χ0) is 46.5. The molecule has 6 heteroatoms. The molecule has 3 N–H and O–H groups in total. The Hall–Kier alpha value is -1.14. The Morgan fingerprint density at radius 3 is 0.953 bits per heavy atom. The van der Waals surface area contributed by atoms with E-state index in [1.807, 2.05) is 0 Å². The van der Waals surface area contributed by atoms with Gasteiger partial charge in [0.25, 0.3) is 0 Å². The average molecular weight is 907 g/mol. The van der Waals surface area contributed by atoms with E-state index in [9.17, 15) is 19.8 Å². The van der Waals surface area contributed by atoms with Crippen LogP contribution in [-0.2, 0) is 14.3 Å². The summed E-state index contributed by atoms with van der Waals surface area (Å²) in [6.45, 7) is 4.96. The van der Waals surface area contributed by atoms with Crippen LogP contribution in [0.15, 0.2) is 0 Å². The summed E-state index contributed by atoms with van der Waals surface area (Å²) in [4.78, 5) is 24.5. The molecule has 0 saturated carbocycles. The van der Waals surface area contributed by atoms with Gasteiger partial charge in [-0.25, -0.2) is 0 Å². The van der Waals surface area contributed by atoms with Crippen molar-refractivity contribution in [2.45, 2.75) is 347 Å². The molecule has 2 unspecified atom stereocenters. The molecular weight excluding hydrogens is 791 g/mol. The number of carbonyl (C=O) groups excluding carboxylic acids is 2. The number of ether oxygens (including phenoxy) is 1. The molecule has 382 valence electrons. The summed E-state index contributed by atoms with van der Waals surface area (Å²) >= 11 is 0. The lowest BCUT2D eigenvalue weighted by atomic mass is 10.0. The van der Waals surface area contributed by atoms with Crippen molar-refractivity contribution in [3.8, 4) is 0 Å². The van der Waals surface area contributed by atoms with Gasteiger partial charge < -0.3 is 20.3 Å². The van der Waals surface area contributed by atoms with Gasteiger partial charge in [-0.1, -0.05) is 296 Å². The number of amides is 1. The summed E-state index contributed by atoms with van der Waals surface area (Å²) in [5.41, 5.74) is 0. The maximum atomic E-state index is 12.5. The fourth-order valence-electron chi connectivity index (χ4n) is 9.41. The third-order valence-electron chi connectivity index (χ3n) is 13.9. The van der Waals surface area contributed by atoms with E-state index >= 15 is 0 Å². The minimum absolute atomic E-state index is 0.00160. The van der Waals surface area contributed by atoms with Crippen LogP contribution < -0.4 is 5.32 Å². The van der Waals surface area contributed by atoms with Crippen molar-refractivity contribution < 1.29 is 24.5 Å². The van der Waals surface area contributed by atoms with E-state index in [1.165, 1.54) is 257 Å². The van der Waals surface area contributed by atoms with Gasteiger partial charge in [-0.3, -0.25) is 9.59 Å². The first-order valence-corrected chi connectivity index (χ1v) is 29.3. The number of unbranched alkanes of at least 4 members (excludes halogenated alkanes) is 44. The van der Waals surface area contributed by atoms with Crippen LogP contribution in [0.3, 0.4) is 0 Å². The van der Waals surface area contributed by atoms with Gasteiger partial charge in [0, 0.05) is 12.8 Å². The Bertz CT molecular complexity index is 913. The molecule has 0 aliphatic rings. The molecular formula is C58H115NO5. The van der Waals surface area contributed by atoms with Gasteiger partial charge >= 0.3 is 5.97 Å². The number of hydrogen-bond acceptors (Lipinski definition) is 5. The van der Waals surface area contributed by atoms with E-state index in [0.717, 1.165) is 44.9 Å². The molecule has 0 aliphatic heterocycles. The van der Waals surface area contributed by atoms with Gasteiger partial charge in [0.2, 0.25) is 5.91 Å². The number of aliphatic hydroxyl groups excluding tert-OH is 2. The van der Waals surface area contributed by atoms with Crippen LogP contribution in [0.2, 0.25) is 0 Å². The van der Waals surface area contributed by atoms with Crippen LogP contribution in [0.1, 0.15) is 335 Å². The van der Waals surface area contributed by atoms with E-state index in [2.05, 4.69) is 19.2 Å². The minimum Gasteiger partial charge on any atom is -0.466 e. The second kappa shape index (κ2) is 54.5. The monoisotopic (exact) mass is 906 g/mol. The molecule has 64 heavy (non-hydrogen) atoms. The third kappa shape index (κ3) is 50.3. The van der Waals surface area contributed by atoms with Crippen molar-refractivity contribution in [2.24, 2.45) is 0 Å². The molecule has 0 fully saturated rings. The predicted molar refractivity (Wildman–Crippen MR) is 278 cm³/mol. The van der Waals surface area contributed by atoms with Crippen molar-refractivity contribution in [2.75, 3.05) is 13.2 Å². The minimum atomic E-state index is -0.669. The molecule has 0 aromatic heterocycles. The second-order valence-electron chi connectivity index (χ2n) is 20.3. The maximum absolute atomic E-state index is 12.5. The fourth-order valence-corrected chi connectivity index (χ4v) is 9.41. The van der Waals surface area contributed by atoms with Crippen LogP contribution in [0.4, 0.5) is 0 Å². The van der Waals surface area contributed by atoms with E-state index in [0.29, 0.717) is 25.9 Å². The molecule has 0 saturated heterocycles. The number of aliphatic hydroxyl groups is 2. The first-order valence-electron chi connectivity index (χ1n) is 29.3. The van der Waals surface area contributed by atoms with Crippen LogP contribution in [-0.4, -0.2) is 47.4 Å². The largest absolute Gasteiger partial charge is 0.466 e. The van der Waals surface area contributed by atoms with Crippen molar-refractivity contribution >= 4 is 11.9 Å². The van der Waals surface area contributed by atoms with E-state index < -0.39 is 12.1 Å². The molecule has 0 spiro atoms. The van der Waals surface area contributed by atoms with Gasteiger partial charge in [0.05, 0.1) is 25.4 Å². The number of nitrogens with one attached hydrogen (secondary N) is 1. The lowest BCUT2D eigenvalue weighted by Gasteiger charge is -2.22. The van der Waals surface area contributed by atoms with E-state index in [4.69, 9.17) is 4.74 Å². The molecule has 0 radical (unpaired) electrons. The summed E-state index contributed by atoms with van der Waals surface area (Å²) < 4.78 is 5.46. The highest BCUT2D eigenvalue weighted by molar-refractivity contribution is 5.76. The number of esters is 1. The summed E-state index contributed by atoms with van der Waals surface area (Å²) in [6, 6.07) is -0.547. The van der Waals surface area contributed by atoms with Crippen LogP contribution in [0.25, 0.3) is 0 Å². The first-order chi connectivity index (χ1) is 31.5. The van der Waals surface area contributed by atoms with Crippen molar-refractivity contribution in [1.82, 2.24) is 5.32 Å². The molecule has 6 nitrogen and oxygen atoms in total. The van der Waals surface area contributed by atoms with Gasteiger partial charge in [-0.2, -0.15) is 0 Å². The van der Waals surface area contributed by atoms with E-state index in [1.54, 1.807) is 0 Å². The zero-order valence-corrected chi connectivity index (χ0v) is 43.5. The molecule has 0 aromatic rings. The summed E-state index contributed by atoms with van der Waals surface area (Å²) in [6.07, 6.45) is 62.3. The summed E-state index contributed by atoms with van der Waals surface area (Å²) in [5.74, 6) is -0.0376. The smallest absolute Gasteiger partial charge is 0.305 e. The first kappa shape index (κ1) is 62.9. The number of hydrogen-bond donors (Lipinski definition) is 3. The fraction of sp³-hybridized carbons (Fsp3) is 0.966. The van der Waals surface area contributed by atoms with Gasteiger partial charge in [-0.05, 0) is 25.7 Å². The predicted octanol–water partition coefficient (Wildman–Crippen LogP) is 17.9. The molecule has 0 rings (SSSR count). The number of carbonyl (C=O) groups is 2. The van der Waals surface area contributed by atoms with Crippen LogP contribution in [0, 0.1) is 0 Å². The molecule has 2 atom stereocenters. The van der Waals surface area contributed by atoms with E-state index in [-0.39, 0.29) is 18.5 Å². The number of rotatable bonds is 55. The lowest BCUT2D eigenvalue weighted by Crippen LogP contribution is -2.45. The lowest BCUT2D eigenvalue weighted by molar-refractivity contribution is -0.143. The van der Waals surface area contributed by atoms with Crippen molar-refractivity contribution in [3.63, 3.8) is 0 Å². The Labute approximate surface area is 400 Å². The van der Waals surface area contributed by atoms with Crippen LogP contribution in [0.5, 0.6) is 0 Å². The molecule has 0 aliphatic carbocycles. The molecule has 1 amide bonds. The molecule has 0 bridgehead atoms. The average Bonchev–Trinajstić information content (AvgIpc) is 3.29. The van der Waals surface area contributed by atoms with Gasteiger partial charge in [0.15, 0.2) is 0 Å². The maximum Gasteiger partial charge on any atom is 0.305 e. The van der Waals surface area contributed by atoms with Crippen LogP contribution >= 0.6 is 0 Å². The third-order valence-corrected chi connectivity index (χ3v) is 13.9. The summed E-state index contributed by atoms with van der Waals surface area (Å²) in [7, 11) is 0. The SMILES string of the molecule is CCCCCCCCCCCCCCCCCCCCCCCC(O)C(CO)NC(=O)CCCCCCCCCCCCCCCCCOC(=O)CCCCCCCCCCCCC. The normalized spacial score (nSPS) is 12.5.